The first-order valence-electron chi connectivity index (χ1n) is 7.75. The van der Waals surface area contributed by atoms with Gasteiger partial charge in [0.25, 0.3) is 0 Å². The van der Waals surface area contributed by atoms with Crippen LogP contribution in [0.3, 0.4) is 0 Å². The minimum atomic E-state index is -0.168. The summed E-state index contributed by atoms with van der Waals surface area (Å²) in [6.45, 7) is 11.0. The molecule has 4 nitrogen and oxygen atoms in total. The Morgan fingerprint density at radius 1 is 1.29 bits per heavy atom. The summed E-state index contributed by atoms with van der Waals surface area (Å²) in [7, 11) is 0. The molecule has 0 aromatic heterocycles. The number of urea groups is 1. The summed E-state index contributed by atoms with van der Waals surface area (Å²) in [5, 5.41) is 5.82. The molecule has 21 heavy (non-hydrogen) atoms. The molecule has 2 N–H and O–H groups in total. The van der Waals surface area contributed by atoms with Crippen molar-refractivity contribution in [2.75, 3.05) is 11.9 Å². The maximum absolute atomic E-state index is 11.9. The molecule has 118 valence electrons. The number of hydrogen-bond acceptors (Lipinski definition) is 2. The zero-order valence-electron chi connectivity index (χ0n) is 13.8. The number of benzene rings is 1. The van der Waals surface area contributed by atoms with Crippen LogP contribution in [-0.2, 0) is 0 Å². The Morgan fingerprint density at radius 2 is 2.00 bits per heavy atom. The number of amides is 2. The monoisotopic (exact) mass is 292 g/mol. The van der Waals surface area contributed by atoms with Crippen molar-refractivity contribution in [3.63, 3.8) is 0 Å². The van der Waals surface area contributed by atoms with Gasteiger partial charge < -0.3 is 15.4 Å². The van der Waals surface area contributed by atoms with E-state index in [-0.39, 0.29) is 12.1 Å². The highest BCUT2D eigenvalue weighted by molar-refractivity contribution is 5.90. The first-order chi connectivity index (χ1) is 9.93. The lowest BCUT2D eigenvalue weighted by Crippen LogP contribution is -2.39. The predicted molar refractivity (Wildman–Crippen MR) is 88.0 cm³/mol. The second-order valence-electron chi connectivity index (χ2n) is 5.81. The number of hydrogen-bond donors (Lipinski definition) is 2. The van der Waals surface area contributed by atoms with Crippen molar-refractivity contribution in [3.05, 3.63) is 23.8 Å². The van der Waals surface area contributed by atoms with Gasteiger partial charge in [-0.3, -0.25) is 0 Å². The lowest BCUT2D eigenvalue weighted by atomic mass is 10.1. The van der Waals surface area contributed by atoms with Crippen molar-refractivity contribution in [1.29, 1.82) is 0 Å². The summed E-state index contributed by atoms with van der Waals surface area (Å²) >= 11 is 0. The molecule has 0 aliphatic heterocycles. The largest absolute Gasteiger partial charge is 0.494 e. The molecule has 0 heterocycles. The van der Waals surface area contributed by atoms with Gasteiger partial charge in [0.1, 0.15) is 5.75 Å². The fourth-order valence-electron chi connectivity index (χ4n) is 1.73. The van der Waals surface area contributed by atoms with Crippen LogP contribution >= 0.6 is 0 Å². The summed E-state index contributed by atoms with van der Waals surface area (Å²) in [4.78, 5) is 11.9. The number of anilines is 1. The van der Waals surface area contributed by atoms with Gasteiger partial charge in [0.05, 0.1) is 6.61 Å². The highest BCUT2D eigenvalue weighted by Crippen LogP contribution is 2.21. The maximum atomic E-state index is 11.9. The predicted octanol–water partition coefficient (Wildman–Crippen LogP) is 4.34. The Bertz CT molecular complexity index is 458. The molecular formula is C17H28N2O2. The van der Waals surface area contributed by atoms with Gasteiger partial charge in [-0.1, -0.05) is 27.2 Å². The molecule has 1 unspecified atom stereocenters. The van der Waals surface area contributed by atoms with E-state index in [0.717, 1.165) is 36.4 Å². The highest BCUT2D eigenvalue weighted by Gasteiger charge is 2.11. The fraction of sp³-hybridized carbons (Fsp3) is 0.588. The van der Waals surface area contributed by atoms with E-state index in [4.69, 9.17) is 4.74 Å². The average Bonchev–Trinajstić information content (AvgIpc) is 2.42. The summed E-state index contributed by atoms with van der Waals surface area (Å²) < 4.78 is 5.65. The quantitative estimate of drug-likeness (QED) is 0.734. The van der Waals surface area contributed by atoms with Crippen LogP contribution in [0.2, 0.25) is 0 Å². The summed E-state index contributed by atoms with van der Waals surface area (Å²) in [6, 6.07) is 5.71. The van der Waals surface area contributed by atoms with E-state index in [1.165, 1.54) is 0 Å². The first kappa shape index (κ1) is 17.3. The number of rotatable bonds is 7. The van der Waals surface area contributed by atoms with Crippen LogP contribution in [0, 0.1) is 12.8 Å². The molecule has 2 amide bonds. The van der Waals surface area contributed by atoms with Crippen LogP contribution in [0.4, 0.5) is 10.5 Å². The SMILES string of the molecule is CCCCOc1ccc(NC(=O)NC(C)C(C)C)c(C)c1. The van der Waals surface area contributed by atoms with Crippen LogP contribution in [0.1, 0.15) is 46.1 Å². The zero-order chi connectivity index (χ0) is 15.8. The van der Waals surface area contributed by atoms with Crippen molar-refractivity contribution in [1.82, 2.24) is 5.32 Å². The van der Waals surface area contributed by atoms with Gasteiger partial charge in [-0.15, -0.1) is 0 Å². The van der Waals surface area contributed by atoms with E-state index in [9.17, 15) is 4.79 Å². The van der Waals surface area contributed by atoms with Gasteiger partial charge in [-0.05, 0) is 49.9 Å². The van der Waals surface area contributed by atoms with E-state index in [0.29, 0.717) is 5.92 Å². The van der Waals surface area contributed by atoms with Crippen LogP contribution in [0.15, 0.2) is 18.2 Å². The van der Waals surface area contributed by atoms with Crippen molar-refractivity contribution >= 4 is 11.7 Å². The molecule has 0 radical (unpaired) electrons. The Morgan fingerprint density at radius 3 is 2.57 bits per heavy atom. The van der Waals surface area contributed by atoms with Crippen LogP contribution < -0.4 is 15.4 Å². The number of unbranched alkanes of at least 4 members (excludes halogenated alkanes) is 1. The van der Waals surface area contributed by atoms with Gasteiger partial charge in [0, 0.05) is 11.7 Å². The van der Waals surface area contributed by atoms with Crippen LogP contribution in [0.25, 0.3) is 0 Å². The van der Waals surface area contributed by atoms with Gasteiger partial charge in [0.15, 0.2) is 0 Å². The maximum Gasteiger partial charge on any atom is 0.319 e. The third kappa shape index (κ3) is 6.06. The molecule has 0 saturated heterocycles. The second kappa shape index (κ2) is 8.55. The number of nitrogens with one attached hydrogen (secondary N) is 2. The molecule has 0 saturated carbocycles. The lowest BCUT2D eigenvalue weighted by molar-refractivity contribution is 0.246. The minimum Gasteiger partial charge on any atom is -0.494 e. The second-order valence-corrected chi connectivity index (χ2v) is 5.81. The van der Waals surface area contributed by atoms with Crippen LogP contribution in [-0.4, -0.2) is 18.7 Å². The molecule has 1 aromatic carbocycles. The van der Waals surface area contributed by atoms with E-state index < -0.39 is 0 Å². The average molecular weight is 292 g/mol. The molecule has 1 rings (SSSR count). The zero-order valence-corrected chi connectivity index (χ0v) is 13.8. The molecule has 0 aliphatic carbocycles. The van der Waals surface area contributed by atoms with Gasteiger partial charge in [-0.25, -0.2) is 4.79 Å². The Labute approximate surface area is 128 Å². The molecule has 4 heteroatoms. The molecular weight excluding hydrogens is 264 g/mol. The summed E-state index contributed by atoms with van der Waals surface area (Å²) in [6.07, 6.45) is 2.17. The number of carbonyl (C=O) groups is 1. The molecule has 1 aromatic rings. The number of aryl methyl sites for hydroxylation is 1. The molecule has 1 atom stereocenters. The van der Waals surface area contributed by atoms with E-state index in [1.54, 1.807) is 0 Å². The minimum absolute atomic E-state index is 0.141. The van der Waals surface area contributed by atoms with E-state index in [2.05, 4.69) is 31.4 Å². The van der Waals surface area contributed by atoms with Crippen molar-refractivity contribution in [2.45, 2.75) is 53.5 Å². The van der Waals surface area contributed by atoms with Gasteiger partial charge in [0.2, 0.25) is 0 Å². The summed E-state index contributed by atoms with van der Waals surface area (Å²) in [5.41, 5.74) is 1.81. The third-order valence-electron chi connectivity index (χ3n) is 3.57. The Balaban J connectivity index is 2.57. The molecule has 0 bridgehead atoms. The van der Waals surface area contributed by atoms with Crippen molar-refractivity contribution < 1.29 is 9.53 Å². The molecule has 0 fully saturated rings. The molecule has 0 aliphatic rings. The number of carbonyl (C=O) groups excluding carboxylic acids is 1. The third-order valence-corrected chi connectivity index (χ3v) is 3.57. The standard InChI is InChI=1S/C17H28N2O2/c1-6-7-10-21-15-8-9-16(13(4)11-15)19-17(20)18-14(5)12(2)3/h8-9,11-12,14H,6-7,10H2,1-5H3,(H2,18,19,20). The van der Waals surface area contributed by atoms with Gasteiger partial charge in [-0.2, -0.15) is 0 Å². The Hall–Kier alpha value is -1.71. The summed E-state index contributed by atoms with van der Waals surface area (Å²) in [5.74, 6) is 1.26. The lowest BCUT2D eigenvalue weighted by Gasteiger charge is -2.18. The van der Waals surface area contributed by atoms with E-state index in [1.807, 2.05) is 32.0 Å². The fourth-order valence-corrected chi connectivity index (χ4v) is 1.73. The van der Waals surface area contributed by atoms with Crippen molar-refractivity contribution in [2.24, 2.45) is 5.92 Å². The van der Waals surface area contributed by atoms with Gasteiger partial charge >= 0.3 is 6.03 Å². The smallest absolute Gasteiger partial charge is 0.319 e. The van der Waals surface area contributed by atoms with Crippen LogP contribution in [0.5, 0.6) is 5.75 Å². The normalized spacial score (nSPS) is 12.1. The molecule has 0 spiro atoms. The number of ether oxygens (including phenoxy) is 1. The Kier molecular flexibility index (Phi) is 7.06. The topological polar surface area (TPSA) is 50.4 Å². The van der Waals surface area contributed by atoms with E-state index >= 15 is 0 Å². The first-order valence-corrected chi connectivity index (χ1v) is 7.75. The van der Waals surface area contributed by atoms with Crippen molar-refractivity contribution in [3.8, 4) is 5.75 Å². The highest BCUT2D eigenvalue weighted by atomic mass is 16.5.